The molecule has 0 bridgehead atoms. The zero-order valence-electron chi connectivity index (χ0n) is 17.8. The first-order valence-corrected chi connectivity index (χ1v) is 11.2. The van der Waals surface area contributed by atoms with Gasteiger partial charge in [0.25, 0.3) is 5.91 Å². The van der Waals surface area contributed by atoms with Crippen LogP contribution >= 0.6 is 11.3 Å². The van der Waals surface area contributed by atoms with Crippen LogP contribution in [0.25, 0.3) is 21.7 Å². The molecule has 5 N–H and O–H groups in total. The summed E-state index contributed by atoms with van der Waals surface area (Å²) in [6.07, 6.45) is 2.11. The Morgan fingerprint density at radius 2 is 2.03 bits per heavy atom. The van der Waals surface area contributed by atoms with Crippen molar-refractivity contribution in [2.75, 3.05) is 5.73 Å². The fourth-order valence-electron chi connectivity index (χ4n) is 3.40. The van der Waals surface area contributed by atoms with E-state index in [4.69, 9.17) is 14.9 Å². The maximum absolute atomic E-state index is 13.3. The van der Waals surface area contributed by atoms with E-state index >= 15 is 0 Å². The van der Waals surface area contributed by atoms with Gasteiger partial charge in [0.2, 0.25) is 17.9 Å². The van der Waals surface area contributed by atoms with Crippen LogP contribution in [0.1, 0.15) is 11.7 Å². The lowest BCUT2D eigenvalue weighted by Gasteiger charge is -2.20. The van der Waals surface area contributed by atoms with Crippen molar-refractivity contribution in [3.8, 4) is 27.6 Å². The number of aromatic nitrogens is 1. The third-order valence-corrected chi connectivity index (χ3v) is 5.91. The average molecular weight is 473 g/mol. The number of pyridine rings is 1. The van der Waals surface area contributed by atoms with Gasteiger partial charge in [0.1, 0.15) is 11.5 Å². The summed E-state index contributed by atoms with van der Waals surface area (Å²) in [6.45, 7) is 3.69. The molecular formula is C24H20N6O3S. The number of hydrazine groups is 1. The highest BCUT2D eigenvalue weighted by molar-refractivity contribution is 7.13. The molecule has 1 amide bonds. The molecule has 0 aliphatic carbocycles. The number of rotatable bonds is 6. The molecule has 0 spiro atoms. The summed E-state index contributed by atoms with van der Waals surface area (Å²) >= 11 is 1.54. The molecule has 3 aromatic heterocycles. The minimum Gasteiger partial charge on any atom is -0.472 e. The molecule has 9 nitrogen and oxygen atoms in total. The number of ether oxygens (including phenoxy) is 1. The molecule has 10 heteroatoms. The lowest BCUT2D eigenvalue weighted by molar-refractivity contribution is -0.126. The fourth-order valence-corrected chi connectivity index (χ4v) is 4.09. The lowest BCUT2D eigenvalue weighted by atomic mass is 10.1. The van der Waals surface area contributed by atoms with Crippen molar-refractivity contribution in [2.24, 2.45) is 4.99 Å². The molecule has 0 saturated heterocycles. The van der Waals surface area contributed by atoms with E-state index < -0.39 is 12.0 Å². The van der Waals surface area contributed by atoms with Gasteiger partial charge in [-0.1, -0.05) is 43.0 Å². The number of anilines is 1. The summed E-state index contributed by atoms with van der Waals surface area (Å²) in [4.78, 5) is 22.9. The smallest absolute Gasteiger partial charge is 0.272 e. The minimum atomic E-state index is -1.05. The first-order chi connectivity index (χ1) is 16.6. The summed E-state index contributed by atoms with van der Waals surface area (Å²) in [6, 6.07) is 16.7. The third-order valence-electron chi connectivity index (χ3n) is 5.01. The van der Waals surface area contributed by atoms with Crippen LogP contribution in [0.4, 0.5) is 5.69 Å². The van der Waals surface area contributed by atoms with Crippen LogP contribution in [-0.4, -0.2) is 16.9 Å². The molecule has 0 radical (unpaired) electrons. The van der Waals surface area contributed by atoms with Gasteiger partial charge in [-0.25, -0.2) is 4.98 Å². The van der Waals surface area contributed by atoms with Crippen molar-refractivity contribution in [3.05, 3.63) is 90.5 Å². The van der Waals surface area contributed by atoms with Crippen LogP contribution in [0.2, 0.25) is 0 Å². The molecule has 170 valence electrons. The van der Waals surface area contributed by atoms with Crippen molar-refractivity contribution >= 4 is 28.9 Å². The number of nitrogen functional groups attached to an aromatic ring is 1. The van der Waals surface area contributed by atoms with Gasteiger partial charge < -0.3 is 14.9 Å². The maximum atomic E-state index is 13.3. The predicted octanol–water partition coefficient (Wildman–Crippen LogP) is 3.82. The van der Waals surface area contributed by atoms with E-state index in [1.807, 2.05) is 41.8 Å². The number of amides is 1. The van der Waals surface area contributed by atoms with Gasteiger partial charge in [-0.15, -0.1) is 11.3 Å². The molecule has 4 heterocycles. The van der Waals surface area contributed by atoms with E-state index in [0.717, 1.165) is 10.4 Å². The van der Waals surface area contributed by atoms with Crippen LogP contribution < -0.4 is 26.6 Å². The lowest BCUT2D eigenvalue weighted by Crippen LogP contribution is -2.44. The number of nitrogens with two attached hydrogens (primary N) is 1. The quantitative estimate of drug-likeness (QED) is 0.336. The van der Waals surface area contributed by atoms with Gasteiger partial charge in [0.15, 0.2) is 0 Å². The van der Waals surface area contributed by atoms with Crippen molar-refractivity contribution in [1.82, 2.24) is 21.2 Å². The molecule has 4 aromatic rings. The first-order valence-electron chi connectivity index (χ1n) is 10.3. The van der Waals surface area contributed by atoms with Gasteiger partial charge in [0.05, 0.1) is 23.1 Å². The van der Waals surface area contributed by atoms with E-state index in [0.29, 0.717) is 28.3 Å². The second kappa shape index (κ2) is 9.12. The molecular weight excluding hydrogens is 452 g/mol. The molecule has 34 heavy (non-hydrogen) atoms. The number of furan rings is 1. The first kappa shape index (κ1) is 21.3. The Balaban J connectivity index is 1.55. The van der Waals surface area contributed by atoms with Crippen molar-refractivity contribution in [3.63, 3.8) is 0 Å². The van der Waals surface area contributed by atoms with Crippen molar-refractivity contribution in [1.29, 1.82) is 0 Å². The Labute approximate surface area is 199 Å². The fraction of sp³-hybridized carbons (Fsp3) is 0.0417. The number of guanidine groups is 1. The van der Waals surface area contributed by atoms with Gasteiger partial charge in [-0.2, -0.15) is 4.99 Å². The summed E-state index contributed by atoms with van der Waals surface area (Å²) in [5.41, 5.74) is 15.0. The number of carbonyl (C=O) groups is 1. The van der Waals surface area contributed by atoms with E-state index in [1.165, 1.54) is 11.3 Å². The topological polar surface area (TPSA) is 127 Å². The number of nitrogens with zero attached hydrogens (tertiary/aromatic N) is 2. The SMILES string of the molecule is C=C1N=C(NC(=O)C(Oc2nc(-c3cccs3)cc(-c3ccoc3)c2N)c2ccccc2)NN1. The Kier molecular flexibility index (Phi) is 5.71. The predicted molar refractivity (Wildman–Crippen MR) is 130 cm³/mol. The van der Waals surface area contributed by atoms with Crippen LogP contribution in [0, 0.1) is 0 Å². The molecule has 0 saturated carbocycles. The summed E-state index contributed by atoms with van der Waals surface area (Å²) < 4.78 is 11.5. The second-order valence-electron chi connectivity index (χ2n) is 7.32. The van der Waals surface area contributed by atoms with Gasteiger partial charge in [0, 0.05) is 16.7 Å². The number of nitrogens with one attached hydrogen (secondary N) is 3. The Morgan fingerprint density at radius 1 is 1.18 bits per heavy atom. The Morgan fingerprint density at radius 3 is 2.71 bits per heavy atom. The maximum Gasteiger partial charge on any atom is 0.272 e. The summed E-state index contributed by atoms with van der Waals surface area (Å²) in [7, 11) is 0. The molecule has 1 aliphatic rings. The zero-order valence-corrected chi connectivity index (χ0v) is 18.6. The highest BCUT2D eigenvalue weighted by atomic mass is 32.1. The zero-order chi connectivity index (χ0) is 23.5. The number of aliphatic imine (C=N–C) groups is 1. The highest BCUT2D eigenvalue weighted by Crippen LogP contribution is 2.38. The van der Waals surface area contributed by atoms with Crippen LogP contribution in [0.5, 0.6) is 5.88 Å². The molecule has 1 aromatic carbocycles. The standard InChI is InChI=1S/C24H20N6O3S/c1-14-26-24(30-29-14)28-22(31)21(15-6-3-2-4-7-15)33-23-20(25)17(16-9-10-32-13-16)12-18(27-23)19-8-5-11-34-19/h2-13,21,29H,1,25H2,(H2,26,28,30,31). The monoisotopic (exact) mass is 472 g/mol. The number of hydrogen-bond donors (Lipinski definition) is 4. The minimum absolute atomic E-state index is 0.134. The van der Waals surface area contributed by atoms with E-state index in [2.05, 4.69) is 32.7 Å². The second-order valence-corrected chi connectivity index (χ2v) is 8.27. The van der Waals surface area contributed by atoms with Crippen molar-refractivity contribution < 1.29 is 13.9 Å². The van der Waals surface area contributed by atoms with E-state index in [1.54, 1.807) is 30.7 Å². The number of benzene rings is 1. The van der Waals surface area contributed by atoms with Crippen LogP contribution in [-0.2, 0) is 4.79 Å². The number of thiophene rings is 1. The normalized spacial score (nSPS) is 13.5. The number of carbonyl (C=O) groups excluding carboxylic acids is 1. The Bertz CT molecular complexity index is 1350. The molecule has 1 aliphatic heterocycles. The van der Waals surface area contributed by atoms with E-state index in [9.17, 15) is 4.79 Å². The summed E-state index contributed by atoms with van der Waals surface area (Å²) in [5.74, 6) is 0.273. The van der Waals surface area contributed by atoms with Crippen molar-refractivity contribution in [2.45, 2.75) is 6.10 Å². The molecule has 5 rings (SSSR count). The Hall–Kier alpha value is -4.57. The third kappa shape index (κ3) is 4.34. The highest BCUT2D eigenvalue weighted by Gasteiger charge is 2.27. The van der Waals surface area contributed by atoms with Gasteiger partial charge >= 0.3 is 0 Å². The van der Waals surface area contributed by atoms with Gasteiger partial charge in [-0.05, 0) is 23.6 Å². The average Bonchev–Trinajstić information content (AvgIpc) is 3.62. The van der Waals surface area contributed by atoms with E-state index in [-0.39, 0.29) is 11.8 Å². The molecule has 1 atom stereocenters. The van der Waals surface area contributed by atoms with Gasteiger partial charge in [-0.3, -0.25) is 21.0 Å². The molecule has 1 unspecified atom stereocenters. The van der Waals surface area contributed by atoms with Crippen LogP contribution in [0.3, 0.4) is 0 Å². The summed E-state index contributed by atoms with van der Waals surface area (Å²) in [5, 5.41) is 4.66. The number of hydrogen-bond acceptors (Lipinski definition) is 9. The largest absolute Gasteiger partial charge is 0.472 e. The molecule has 0 fully saturated rings. The van der Waals surface area contributed by atoms with Crippen LogP contribution in [0.15, 0.2) is 94.3 Å².